The van der Waals surface area contributed by atoms with Crippen molar-refractivity contribution in [1.29, 1.82) is 0 Å². The van der Waals surface area contributed by atoms with Crippen LogP contribution in [0, 0.1) is 0 Å². The van der Waals surface area contributed by atoms with Crippen molar-refractivity contribution in [2.75, 3.05) is 13.1 Å². The third kappa shape index (κ3) is 3.89. The quantitative estimate of drug-likeness (QED) is 0.509. The van der Waals surface area contributed by atoms with Crippen molar-refractivity contribution in [3.8, 4) is 0 Å². The number of carbonyl (C=O) groups is 2. The van der Waals surface area contributed by atoms with Gasteiger partial charge in [-0.05, 0) is 30.5 Å². The number of hydrogen-bond donors (Lipinski definition) is 1. The maximum atomic E-state index is 11.7. The number of likely N-dealkylation sites (tertiary alicyclic amines) is 1. The predicted molar refractivity (Wildman–Crippen MR) is 75.7 cm³/mol. The second kappa shape index (κ2) is 6.47. The zero-order valence-corrected chi connectivity index (χ0v) is 11.9. The van der Waals surface area contributed by atoms with Gasteiger partial charge in [-0.25, -0.2) is 5.43 Å². The minimum absolute atomic E-state index is 0.510. The predicted octanol–water partition coefficient (Wildman–Crippen LogP) is 1.52. The molecule has 1 fully saturated rings. The molecule has 0 unspecified atom stereocenters. The van der Waals surface area contributed by atoms with Crippen molar-refractivity contribution in [3.63, 3.8) is 0 Å². The van der Waals surface area contributed by atoms with Crippen LogP contribution in [0.25, 0.3) is 0 Å². The lowest BCUT2D eigenvalue weighted by Gasteiger charge is -2.12. The van der Waals surface area contributed by atoms with Gasteiger partial charge in [-0.15, -0.1) is 0 Å². The largest absolute Gasteiger partial charge is 0.334 e. The molecule has 0 atom stereocenters. The Kier molecular flexibility index (Phi) is 4.68. The molecular weight excluding hydrogens is 310 g/mol. The van der Waals surface area contributed by atoms with E-state index in [0.29, 0.717) is 13.1 Å². The number of nitrogens with zero attached hydrogens (tertiary/aromatic N) is 2. The van der Waals surface area contributed by atoms with E-state index in [-0.39, 0.29) is 0 Å². The summed E-state index contributed by atoms with van der Waals surface area (Å²) in [5.41, 5.74) is 3.09. The Balaban J connectivity index is 1.87. The van der Waals surface area contributed by atoms with Crippen molar-refractivity contribution in [2.45, 2.75) is 12.8 Å². The average molecular weight is 324 g/mol. The smallest absolute Gasteiger partial charge is 0.329 e. The molecule has 0 bridgehead atoms. The summed E-state index contributed by atoms with van der Waals surface area (Å²) in [6.45, 7) is 1.31. The zero-order chi connectivity index (χ0) is 13.7. The van der Waals surface area contributed by atoms with Crippen molar-refractivity contribution < 1.29 is 9.59 Å². The van der Waals surface area contributed by atoms with Gasteiger partial charge in [-0.1, -0.05) is 28.1 Å². The monoisotopic (exact) mass is 323 g/mol. The number of nitrogens with one attached hydrogen (secondary N) is 1. The van der Waals surface area contributed by atoms with Gasteiger partial charge in [0.05, 0.1) is 6.21 Å². The molecule has 1 saturated heterocycles. The van der Waals surface area contributed by atoms with E-state index >= 15 is 0 Å². The summed E-state index contributed by atoms with van der Waals surface area (Å²) in [4.78, 5) is 24.8. The number of hydrazone groups is 1. The summed E-state index contributed by atoms with van der Waals surface area (Å²) in [6.07, 6.45) is 3.42. The first-order valence-electron chi connectivity index (χ1n) is 6.05. The Morgan fingerprint density at radius 1 is 1.32 bits per heavy atom. The van der Waals surface area contributed by atoms with Crippen LogP contribution in [0.1, 0.15) is 18.4 Å². The van der Waals surface area contributed by atoms with Crippen LogP contribution in [-0.4, -0.2) is 36.0 Å². The normalized spacial score (nSPS) is 14.9. The van der Waals surface area contributed by atoms with Crippen molar-refractivity contribution in [2.24, 2.45) is 5.10 Å². The molecule has 2 amide bonds. The van der Waals surface area contributed by atoms with Gasteiger partial charge in [0.2, 0.25) is 0 Å². The molecule has 0 aromatic heterocycles. The van der Waals surface area contributed by atoms with Gasteiger partial charge in [-0.3, -0.25) is 9.59 Å². The van der Waals surface area contributed by atoms with Crippen LogP contribution >= 0.6 is 15.9 Å². The molecule has 0 saturated carbocycles. The Morgan fingerprint density at radius 2 is 2.05 bits per heavy atom. The maximum Gasteiger partial charge on any atom is 0.329 e. The van der Waals surface area contributed by atoms with Crippen molar-refractivity contribution >= 4 is 34.0 Å². The lowest BCUT2D eigenvalue weighted by molar-refractivity contribution is -0.145. The molecule has 100 valence electrons. The number of carbonyl (C=O) groups excluding carboxylic acids is 2. The molecule has 0 spiro atoms. The summed E-state index contributed by atoms with van der Waals surface area (Å²) >= 11 is 3.34. The number of amides is 2. The van der Waals surface area contributed by atoms with E-state index in [1.807, 2.05) is 24.3 Å². The second-order valence-electron chi connectivity index (χ2n) is 4.25. The summed E-state index contributed by atoms with van der Waals surface area (Å²) < 4.78 is 0.927. The van der Waals surface area contributed by atoms with Gasteiger partial charge in [0.1, 0.15) is 0 Å². The number of rotatable bonds is 2. The minimum Gasteiger partial charge on any atom is -0.334 e. The third-order valence-corrected chi connectivity index (χ3v) is 3.31. The van der Waals surface area contributed by atoms with Gasteiger partial charge >= 0.3 is 11.8 Å². The molecule has 19 heavy (non-hydrogen) atoms. The standard InChI is InChI=1S/C13H14BrN3O2/c14-11-5-3-4-10(8-11)9-15-16-12(18)13(19)17-6-1-2-7-17/h3-5,8-9H,1-2,6-7H2,(H,16,18)/b15-9-. The summed E-state index contributed by atoms with van der Waals surface area (Å²) in [7, 11) is 0. The first-order chi connectivity index (χ1) is 9.16. The fraction of sp³-hybridized carbons (Fsp3) is 0.308. The Bertz CT molecular complexity index is 510. The Labute approximate surface area is 119 Å². The van der Waals surface area contributed by atoms with E-state index in [4.69, 9.17) is 0 Å². The molecule has 1 heterocycles. The van der Waals surface area contributed by atoms with Crippen molar-refractivity contribution in [1.82, 2.24) is 10.3 Å². The fourth-order valence-electron chi connectivity index (χ4n) is 1.86. The average Bonchev–Trinajstić information content (AvgIpc) is 2.91. The van der Waals surface area contributed by atoms with Crippen LogP contribution in [0.15, 0.2) is 33.8 Å². The second-order valence-corrected chi connectivity index (χ2v) is 5.17. The molecule has 1 aromatic carbocycles. The van der Waals surface area contributed by atoms with E-state index in [1.165, 1.54) is 6.21 Å². The van der Waals surface area contributed by atoms with Gasteiger partial charge in [0, 0.05) is 17.6 Å². The van der Waals surface area contributed by atoms with Crippen LogP contribution in [0.2, 0.25) is 0 Å². The zero-order valence-electron chi connectivity index (χ0n) is 10.3. The lowest BCUT2D eigenvalue weighted by Crippen LogP contribution is -2.39. The van der Waals surface area contributed by atoms with Gasteiger partial charge in [0.15, 0.2) is 0 Å². The highest BCUT2D eigenvalue weighted by Gasteiger charge is 2.23. The molecule has 1 aliphatic rings. The summed E-state index contributed by atoms with van der Waals surface area (Å²) in [6, 6.07) is 7.47. The number of halogens is 1. The van der Waals surface area contributed by atoms with E-state index in [1.54, 1.807) is 4.90 Å². The van der Waals surface area contributed by atoms with Gasteiger partial charge in [0.25, 0.3) is 0 Å². The maximum absolute atomic E-state index is 11.7. The minimum atomic E-state index is -0.687. The van der Waals surface area contributed by atoms with Crippen LogP contribution < -0.4 is 5.43 Å². The molecule has 2 rings (SSSR count). The topological polar surface area (TPSA) is 61.8 Å². The van der Waals surface area contributed by atoms with Crippen LogP contribution in [0.4, 0.5) is 0 Å². The van der Waals surface area contributed by atoms with Gasteiger partial charge < -0.3 is 4.90 Å². The van der Waals surface area contributed by atoms with E-state index in [9.17, 15) is 9.59 Å². The molecular formula is C13H14BrN3O2. The molecule has 6 heteroatoms. The van der Waals surface area contributed by atoms with E-state index in [2.05, 4.69) is 26.5 Å². The molecule has 1 aromatic rings. The molecule has 5 nitrogen and oxygen atoms in total. The Hall–Kier alpha value is -1.69. The number of hydrogen-bond acceptors (Lipinski definition) is 3. The highest BCUT2D eigenvalue weighted by atomic mass is 79.9. The van der Waals surface area contributed by atoms with Crippen LogP contribution in [0.5, 0.6) is 0 Å². The molecule has 1 N–H and O–H groups in total. The SMILES string of the molecule is O=C(N/N=C\c1cccc(Br)c1)C(=O)N1CCCC1. The molecule has 0 radical (unpaired) electrons. The highest BCUT2D eigenvalue weighted by molar-refractivity contribution is 9.10. The molecule has 1 aliphatic heterocycles. The van der Waals surface area contributed by atoms with E-state index in [0.717, 1.165) is 22.9 Å². The summed E-state index contributed by atoms with van der Waals surface area (Å²) in [5, 5.41) is 3.78. The first-order valence-corrected chi connectivity index (χ1v) is 6.84. The molecule has 0 aliphatic carbocycles. The van der Waals surface area contributed by atoms with Crippen LogP contribution in [0.3, 0.4) is 0 Å². The lowest BCUT2D eigenvalue weighted by atomic mass is 10.2. The van der Waals surface area contributed by atoms with E-state index < -0.39 is 11.8 Å². The van der Waals surface area contributed by atoms with Crippen molar-refractivity contribution in [3.05, 3.63) is 34.3 Å². The fourth-order valence-corrected chi connectivity index (χ4v) is 2.28. The number of benzene rings is 1. The highest BCUT2D eigenvalue weighted by Crippen LogP contribution is 2.10. The Morgan fingerprint density at radius 3 is 2.74 bits per heavy atom. The van der Waals surface area contributed by atoms with Crippen LogP contribution in [-0.2, 0) is 9.59 Å². The van der Waals surface area contributed by atoms with Gasteiger partial charge in [-0.2, -0.15) is 5.10 Å². The summed E-state index contributed by atoms with van der Waals surface area (Å²) in [5.74, 6) is -1.20. The first kappa shape index (κ1) is 13.7. The third-order valence-electron chi connectivity index (χ3n) is 2.82.